The number of ketones is 1. The molecule has 1 amide bonds. The van der Waals surface area contributed by atoms with E-state index in [4.69, 9.17) is 0 Å². The third-order valence-corrected chi connectivity index (χ3v) is 7.38. The van der Waals surface area contributed by atoms with Crippen LogP contribution in [-0.4, -0.2) is 42.8 Å². The minimum absolute atomic E-state index is 0. The number of aryl methyl sites for hydroxylation is 1. The Morgan fingerprint density at radius 2 is 1.75 bits per heavy atom. The summed E-state index contributed by atoms with van der Waals surface area (Å²) in [6, 6.07) is 14.8. The van der Waals surface area contributed by atoms with Gasteiger partial charge in [-0.15, -0.1) is 12.4 Å². The Kier molecular flexibility index (Phi) is 7.32. The van der Waals surface area contributed by atoms with Crippen LogP contribution < -0.4 is 4.90 Å². The van der Waals surface area contributed by atoms with Crippen LogP contribution in [0.2, 0.25) is 0 Å². The molecule has 0 spiro atoms. The van der Waals surface area contributed by atoms with Crippen molar-refractivity contribution in [1.82, 2.24) is 4.90 Å². The Morgan fingerprint density at radius 3 is 2.53 bits per heavy atom. The van der Waals surface area contributed by atoms with Crippen LogP contribution in [0.5, 0.6) is 0 Å². The van der Waals surface area contributed by atoms with Gasteiger partial charge in [0, 0.05) is 25.1 Å². The minimum atomic E-state index is 0. The summed E-state index contributed by atoms with van der Waals surface area (Å²) in [5, 5.41) is 0. The Hall–Kier alpha value is -2.17. The maximum Gasteiger partial charge on any atom is 0.231 e. The maximum absolute atomic E-state index is 13.0. The molecule has 0 aromatic heterocycles. The number of nitrogens with zero attached hydrogens (tertiary/aromatic N) is 2. The van der Waals surface area contributed by atoms with Crippen molar-refractivity contribution >= 4 is 29.8 Å². The SMILES string of the molecule is Cl.O=C(CCC1CCN(CCc2ccccc2)CC1)c1cc2c3c(c1)CC(=O)N3CCC2. The number of carbonyl (C=O) groups excluding carboxylic acids is 2. The fourth-order valence-corrected chi connectivity index (χ4v) is 5.55. The van der Waals surface area contributed by atoms with Crippen molar-refractivity contribution in [2.24, 2.45) is 5.92 Å². The molecule has 3 heterocycles. The number of anilines is 1. The molecule has 170 valence electrons. The first-order valence-corrected chi connectivity index (χ1v) is 11.9. The predicted octanol–water partition coefficient (Wildman–Crippen LogP) is 4.86. The van der Waals surface area contributed by atoms with Crippen molar-refractivity contribution in [1.29, 1.82) is 0 Å². The van der Waals surface area contributed by atoms with Crippen molar-refractivity contribution in [3.05, 3.63) is 64.7 Å². The molecule has 0 N–H and O–H groups in total. The second kappa shape index (κ2) is 10.2. The highest BCUT2D eigenvalue weighted by Gasteiger charge is 2.33. The van der Waals surface area contributed by atoms with Crippen LogP contribution in [0.1, 0.15) is 59.2 Å². The number of amides is 1. The molecule has 0 aliphatic carbocycles. The van der Waals surface area contributed by atoms with Crippen molar-refractivity contribution < 1.29 is 9.59 Å². The van der Waals surface area contributed by atoms with E-state index in [1.165, 1.54) is 24.0 Å². The zero-order valence-corrected chi connectivity index (χ0v) is 19.5. The van der Waals surface area contributed by atoms with E-state index in [0.717, 1.165) is 68.7 Å². The Balaban J connectivity index is 0.00000245. The number of rotatable bonds is 7. The Labute approximate surface area is 197 Å². The lowest BCUT2D eigenvalue weighted by Gasteiger charge is -2.32. The van der Waals surface area contributed by atoms with E-state index in [2.05, 4.69) is 41.3 Å². The van der Waals surface area contributed by atoms with Crippen LogP contribution in [0.25, 0.3) is 0 Å². The third kappa shape index (κ3) is 4.92. The topological polar surface area (TPSA) is 40.6 Å². The van der Waals surface area contributed by atoms with Gasteiger partial charge in [-0.3, -0.25) is 9.59 Å². The van der Waals surface area contributed by atoms with E-state index < -0.39 is 0 Å². The van der Waals surface area contributed by atoms with Crippen molar-refractivity contribution in [3.63, 3.8) is 0 Å². The number of likely N-dealkylation sites (tertiary alicyclic amines) is 1. The van der Waals surface area contributed by atoms with Crippen LogP contribution in [0.15, 0.2) is 42.5 Å². The molecule has 0 saturated carbocycles. The molecule has 3 aliphatic rings. The van der Waals surface area contributed by atoms with E-state index >= 15 is 0 Å². The average Bonchev–Trinajstić information content (AvgIpc) is 3.14. The largest absolute Gasteiger partial charge is 0.312 e. The van der Waals surface area contributed by atoms with Gasteiger partial charge in [-0.25, -0.2) is 0 Å². The van der Waals surface area contributed by atoms with E-state index in [-0.39, 0.29) is 24.1 Å². The Bertz CT molecular complexity index is 967. The summed E-state index contributed by atoms with van der Waals surface area (Å²) in [4.78, 5) is 29.7. The van der Waals surface area contributed by atoms with Crippen molar-refractivity contribution in [3.8, 4) is 0 Å². The summed E-state index contributed by atoms with van der Waals surface area (Å²) in [6.07, 6.45) is 7.57. The summed E-state index contributed by atoms with van der Waals surface area (Å²) >= 11 is 0. The van der Waals surface area contributed by atoms with Crippen LogP contribution in [0.3, 0.4) is 0 Å². The molecule has 0 atom stereocenters. The van der Waals surface area contributed by atoms with Gasteiger partial charge in [0.25, 0.3) is 0 Å². The van der Waals surface area contributed by atoms with Crippen LogP contribution in [-0.2, 0) is 24.1 Å². The lowest BCUT2D eigenvalue weighted by atomic mass is 9.89. The monoisotopic (exact) mass is 452 g/mol. The second-order valence-corrected chi connectivity index (χ2v) is 9.45. The molecule has 5 heteroatoms. The first-order valence-electron chi connectivity index (χ1n) is 11.9. The van der Waals surface area contributed by atoms with E-state index in [1.807, 2.05) is 11.0 Å². The number of halogens is 1. The second-order valence-electron chi connectivity index (χ2n) is 9.45. The number of benzene rings is 2. The molecule has 1 saturated heterocycles. The highest BCUT2D eigenvalue weighted by molar-refractivity contribution is 6.05. The fourth-order valence-electron chi connectivity index (χ4n) is 5.55. The number of carbonyl (C=O) groups is 2. The molecule has 32 heavy (non-hydrogen) atoms. The predicted molar refractivity (Wildman–Crippen MR) is 131 cm³/mol. The molecule has 3 aliphatic heterocycles. The zero-order chi connectivity index (χ0) is 21.2. The quantitative estimate of drug-likeness (QED) is 0.563. The molecule has 1 fully saturated rings. The van der Waals surface area contributed by atoms with Crippen molar-refractivity contribution in [2.45, 2.75) is 51.4 Å². The molecule has 2 aromatic rings. The molecule has 4 nitrogen and oxygen atoms in total. The van der Waals surface area contributed by atoms with E-state index in [1.54, 1.807) is 0 Å². The third-order valence-electron chi connectivity index (χ3n) is 7.38. The summed E-state index contributed by atoms with van der Waals surface area (Å²) in [5.41, 5.74) is 5.61. The van der Waals surface area contributed by atoms with Gasteiger partial charge < -0.3 is 9.80 Å². The molecular weight excluding hydrogens is 420 g/mol. The van der Waals surface area contributed by atoms with Gasteiger partial charge in [-0.05, 0) is 86.4 Å². The molecular formula is C27H33ClN2O2. The molecule has 5 rings (SSSR count). The van der Waals surface area contributed by atoms with Crippen molar-refractivity contribution in [2.75, 3.05) is 31.1 Å². The maximum atomic E-state index is 13.0. The normalized spacial score (nSPS) is 18.4. The summed E-state index contributed by atoms with van der Waals surface area (Å²) < 4.78 is 0. The van der Waals surface area contributed by atoms with Gasteiger partial charge >= 0.3 is 0 Å². The molecule has 0 bridgehead atoms. The smallest absolute Gasteiger partial charge is 0.231 e. The minimum Gasteiger partial charge on any atom is -0.312 e. The Morgan fingerprint density at radius 1 is 1.00 bits per heavy atom. The van der Waals surface area contributed by atoms with Gasteiger partial charge in [-0.2, -0.15) is 0 Å². The number of hydrogen-bond donors (Lipinski definition) is 0. The first kappa shape index (κ1) is 23.0. The standard InChI is InChI=1S/C27H32N2O2.ClH/c30-25(23-17-22-7-4-13-29-26(31)19-24(18-23)27(22)29)9-8-21-11-15-28(16-12-21)14-10-20-5-2-1-3-6-20;/h1-3,5-6,17-18,21H,4,7-16,19H2;1H. The zero-order valence-electron chi connectivity index (χ0n) is 18.7. The van der Waals surface area contributed by atoms with Crippen LogP contribution >= 0.6 is 12.4 Å². The van der Waals surface area contributed by atoms with Gasteiger partial charge in [0.2, 0.25) is 5.91 Å². The highest BCUT2D eigenvalue weighted by Crippen LogP contribution is 2.38. The summed E-state index contributed by atoms with van der Waals surface area (Å²) in [7, 11) is 0. The summed E-state index contributed by atoms with van der Waals surface area (Å²) in [5.74, 6) is 1.10. The fraction of sp³-hybridized carbons (Fsp3) is 0.481. The number of Topliss-reactive ketones (excluding diaryl/α,β-unsaturated/α-hetero) is 1. The first-order chi connectivity index (χ1) is 15.2. The lowest BCUT2D eigenvalue weighted by molar-refractivity contribution is -0.117. The van der Waals surface area contributed by atoms with Gasteiger partial charge in [0.15, 0.2) is 5.78 Å². The number of piperidine rings is 1. The van der Waals surface area contributed by atoms with Gasteiger partial charge in [0.05, 0.1) is 12.1 Å². The highest BCUT2D eigenvalue weighted by atomic mass is 35.5. The molecule has 0 radical (unpaired) electrons. The average molecular weight is 453 g/mol. The lowest BCUT2D eigenvalue weighted by Crippen LogP contribution is -2.35. The molecule has 2 aromatic carbocycles. The summed E-state index contributed by atoms with van der Waals surface area (Å²) in [6.45, 7) is 4.25. The van der Waals surface area contributed by atoms with Crippen LogP contribution in [0.4, 0.5) is 5.69 Å². The number of hydrogen-bond acceptors (Lipinski definition) is 3. The van der Waals surface area contributed by atoms with Crippen LogP contribution in [0, 0.1) is 5.92 Å². The van der Waals surface area contributed by atoms with Gasteiger partial charge in [-0.1, -0.05) is 30.3 Å². The van der Waals surface area contributed by atoms with E-state index in [9.17, 15) is 9.59 Å². The van der Waals surface area contributed by atoms with E-state index in [0.29, 0.717) is 18.8 Å². The molecule has 0 unspecified atom stereocenters. The van der Waals surface area contributed by atoms with Gasteiger partial charge in [0.1, 0.15) is 0 Å².